The van der Waals surface area contributed by atoms with E-state index in [1.165, 1.54) is 17.7 Å². The summed E-state index contributed by atoms with van der Waals surface area (Å²) in [6, 6.07) is 10.8. The quantitative estimate of drug-likeness (QED) is 0.299. The van der Waals surface area contributed by atoms with Gasteiger partial charge in [0.15, 0.2) is 0 Å². The van der Waals surface area contributed by atoms with Crippen LogP contribution in [0.3, 0.4) is 0 Å². The number of halogens is 5. The molecule has 1 aromatic heterocycles. The molecule has 1 atom stereocenters. The summed E-state index contributed by atoms with van der Waals surface area (Å²) >= 11 is 0. The number of hydrazine groups is 1. The van der Waals surface area contributed by atoms with Gasteiger partial charge in [-0.1, -0.05) is 31.6 Å². The molecule has 3 aliphatic rings. The lowest BCUT2D eigenvalue weighted by molar-refractivity contribution is 0.162. The van der Waals surface area contributed by atoms with E-state index < -0.39 is 16.3 Å². The summed E-state index contributed by atoms with van der Waals surface area (Å²) in [5, 5.41) is 8.01. The summed E-state index contributed by atoms with van der Waals surface area (Å²) in [4.78, 5) is 4.30. The van der Waals surface area contributed by atoms with E-state index in [1.54, 1.807) is 13.4 Å². The first kappa shape index (κ1) is 27.9. The van der Waals surface area contributed by atoms with Crippen LogP contribution in [0.15, 0.2) is 60.6 Å². The maximum absolute atomic E-state index is 12.9. The summed E-state index contributed by atoms with van der Waals surface area (Å²) in [5.41, 5.74) is 4.62. The number of hydrogen-bond acceptors (Lipinski definition) is 6. The average molecular weight is 598 g/mol. The van der Waals surface area contributed by atoms with Crippen LogP contribution in [0, 0.1) is 12.3 Å². The third-order valence-electron chi connectivity index (χ3n) is 7.86. The number of ether oxygens (including phenoxy) is 1. The number of aryl methyl sites for hydroxylation is 1. The molecule has 3 fully saturated rings. The molecule has 3 heterocycles. The molecule has 0 bridgehead atoms. The Morgan fingerprint density at radius 1 is 1.07 bits per heavy atom. The Morgan fingerprint density at radius 2 is 1.83 bits per heavy atom. The van der Waals surface area contributed by atoms with Gasteiger partial charge < -0.3 is 18.5 Å². The van der Waals surface area contributed by atoms with Crippen molar-refractivity contribution in [3.05, 3.63) is 71.8 Å². The van der Waals surface area contributed by atoms with E-state index in [4.69, 9.17) is 4.74 Å². The Hall–Kier alpha value is -3.29. The number of methoxy groups -OCH3 is 1. The predicted octanol–water partition coefficient (Wildman–Crippen LogP) is 7.39. The van der Waals surface area contributed by atoms with E-state index in [0.29, 0.717) is 18.0 Å². The summed E-state index contributed by atoms with van der Waals surface area (Å²) in [7, 11) is -8.41. The molecule has 0 amide bonds. The number of nitrogens with zero attached hydrogens (tertiary/aromatic N) is 4. The molecule has 2 aliphatic heterocycles. The Labute approximate surface area is 235 Å². The van der Waals surface area contributed by atoms with Crippen LogP contribution in [0.5, 0.6) is 11.5 Å². The van der Waals surface area contributed by atoms with Gasteiger partial charge in [-0.2, -0.15) is 5.01 Å². The molecular formula is C28H32F5N5O2S. The van der Waals surface area contributed by atoms with Crippen LogP contribution >= 0.6 is 10.5 Å². The van der Waals surface area contributed by atoms with Crippen LogP contribution in [0.4, 0.5) is 25.1 Å². The minimum atomic E-state index is -10.0. The molecule has 7 nitrogen and oxygen atoms in total. The number of anilines is 1. The molecule has 3 aromatic rings. The van der Waals surface area contributed by atoms with Crippen LogP contribution in [0.2, 0.25) is 0 Å². The molecule has 13 heteroatoms. The number of nitrogens with one attached hydrogen (secondary N) is 1. The van der Waals surface area contributed by atoms with Gasteiger partial charge in [0.05, 0.1) is 30.5 Å². The molecule has 222 valence electrons. The highest BCUT2D eigenvalue weighted by Gasteiger charge is 2.67. The van der Waals surface area contributed by atoms with Crippen LogP contribution in [0.25, 0.3) is 11.8 Å². The zero-order chi connectivity index (χ0) is 29.1. The van der Waals surface area contributed by atoms with Gasteiger partial charge in [0.1, 0.15) is 17.7 Å². The first-order chi connectivity index (χ1) is 19.2. The van der Waals surface area contributed by atoms with E-state index in [9.17, 15) is 19.4 Å². The van der Waals surface area contributed by atoms with Gasteiger partial charge in [0, 0.05) is 31.2 Å². The number of hydrogen-bond donors (Lipinski definition) is 1. The molecular weight excluding hydrogens is 565 g/mol. The van der Waals surface area contributed by atoms with Crippen LogP contribution in [-0.2, 0) is 0 Å². The van der Waals surface area contributed by atoms with Crippen LogP contribution in [-0.4, -0.2) is 47.5 Å². The lowest BCUT2D eigenvalue weighted by atomic mass is 9.98. The van der Waals surface area contributed by atoms with Crippen molar-refractivity contribution in [3.8, 4) is 17.2 Å². The van der Waals surface area contributed by atoms with E-state index in [2.05, 4.69) is 30.6 Å². The largest absolute Gasteiger partial charge is 0.495 e. The Kier molecular flexibility index (Phi) is 6.19. The molecule has 1 spiro atoms. The van der Waals surface area contributed by atoms with Crippen molar-refractivity contribution < 1.29 is 28.3 Å². The lowest BCUT2D eigenvalue weighted by Gasteiger charge is -2.44. The van der Waals surface area contributed by atoms with Crippen molar-refractivity contribution in [2.45, 2.75) is 38.8 Å². The molecule has 1 N–H and O–H groups in total. The molecule has 41 heavy (non-hydrogen) atoms. The van der Waals surface area contributed by atoms with Crippen molar-refractivity contribution in [3.63, 3.8) is 0 Å². The van der Waals surface area contributed by atoms with E-state index in [1.807, 2.05) is 35.9 Å². The zero-order valence-electron chi connectivity index (χ0n) is 22.7. The van der Waals surface area contributed by atoms with Gasteiger partial charge in [-0.25, -0.2) is 4.98 Å². The summed E-state index contributed by atoms with van der Waals surface area (Å²) in [6.07, 6.45) is 9.52. The number of fused-ring (bicyclic) bond motifs is 1. The predicted molar refractivity (Wildman–Crippen MR) is 150 cm³/mol. The van der Waals surface area contributed by atoms with Gasteiger partial charge in [0.25, 0.3) is 0 Å². The normalized spacial score (nSPS) is 23.4. The Morgan fingerprint density at radius 3 is 2.46 bits per heavy atom. The second-order valence-corrected chi connectivity index (χ2v) is 13.1. The van der Waals surface area contributed by atoms with Gasteiger partial charge in [0.2, 0.25) is 0 Å². The fourth-order valence-electron chi connectivity index (χ4n) is 5.70. The fourth-order valence-corrected chi connectivity index (χ4v) is 6.17. The molecule has 2 aromatic carbocycles. The minimum absolute atomic E-state index is 0.0509. The topological polar surface area (TPSA) is 54.8 Å². The standard InChI is InChI=1S/C28H32F5N5O2S/c1-20-16-36(19-35-20)25-10-5-21(15-26(25)39-2)14-22-4-3-13-37-27(22)34-17-28(11-12-28)18-38(37)23-6-8-24(9-7-23)40-41(29,30,31,32)33/h5-10,14-16,19,27,34H,3-4,11-13,17-18H2,1-2H3/b22-14+. The summed E-state index contributed by atoms with van der Waals surface area (Å²) in [6.45, 7) is 4.14. The molecule has 1 unspecified atom stereocenters. The van der Waals surface area contributed by atoms with Crippen LogP contribution < -0.4 is 19.2 Å². The van der Waals surface area contributed by atoms with Gasteiger partial charge in [-0.15, -0.1) is 0 Å². The highest BCUT2D eigenvalue weighted by atomic mass is 32.5. The number of aromatic nitrogens is 2. The monoisotopic (exact) mass is 597 g/mol. The van der Waals surface area contributed by atoms with Gasteiger partial charge in [-0.05, 0) is 80.1 Å². The number of rotatable bonds is 6. The fraction of sp³-hybridized carbons (Fsp3) is 0.393. The smallest absolute Gasteiger partial charge is 0.435 e. The summed E-state index contributed by atoms with van der Waals surface area (Å²) < 4.78 is 75.1. The minimum Gasteiger partial charge on any atom is -0.495 e. The third-order valence-corrected chi connectivity index (χ3v) is 8.37. The highest BCUT2D eigenvalue weighted by molar-refractivity contribution is 8.42. The number of imidazole rings is 1. The third kappa shape index (κ3) is 6.31. The number of benzene rings is 2. The second-order valence-electron chi connectivity index (χ2n) is 11.2. The average Bonchev–Trinajstić information content (AvgIpc) is 3.58. The van der Waals surface area contributed by atoms with Gasteiger partial charge in [-0.3, -0.25) is 5.32 Å². The van der Waals surface area contributed by atoms with E-state index >= 15 is 0 Å². The first-order valence-electron chi connectivity index (χ1n) is 13.4. The van der Waals surface area contributed by atoms with E-state index in [0.717, 1.165) is 67.9 Å². The molecule has 0 radical (unpaired) electrons. The second kappa shape index (κ2) is 9.10. The van der Waals surface area contributed by atoms with Crippen molar-refractivity contribution in [1.29, 1.82) is 0 Å². The first-order valence-corrected chi connectivity index (χ1v) is 15.3. The molecule has 1 aliphatic carbocycles. The van der Waals surface area contributed by atoms with Crippen molar-refractivity contribution in [2.75, 3.05) is 31.8 Å². The Bertz CT molecular complexity index is 1490. The van der Waals surface area contributed by atoms with Gasteiger partial charge >= 0.3 is 10.5 Å². The van der Waals surface area contributed by atoms with Crippen molar-refractivity contribution in [1.82, 2.24) is 19.9 Å². The lowest BCUT2D eigenvalue weighted by Crippen LogP contribution is -2.56. The van der Waals surface area contributed by atoms with Crippen molar-refractivity contribution in [2.24, 2.45) is 5.41 Å². The molecule has 1 saturated carbocycles. The van der Waals surface area contributed by atoms with Crippen molar-refractivity contribution >= 4 is 22.3 Å². The molecule has 2 saturated heterocycles. The van der Waals surface area contributed by atoms with Crippen LogP contribution in [0.1, 0.15) is 36.9 Å². The Balaban J connectivity index is 1.29. The number of piperidine rings is 1. The molecule has 6 rings (SSSR count). The zero-order valence-corrected chi connectivity index (χ0v) is 23.5. The van der Waals surface area contributed by atoms with E-state index in [-0.39, 0.29) is 11.6 Å². The maximum atomic E-state index is 12.9. The highest BCUT2D eigenvalue weighted by Crippen LogP contribution is 2.97. The summed E-state index contributed by atoms with van der Waals surface area (Å²) in [5.74, 6) is -0.216. The maximum Gasteiger partial charge on any atom is 0.435 e. The SMILES string of the molecule is COc1cc(/C=C2\CCCN3C2NCC2(CC2)CN3c2ccc(OS(F)(F)(F)(F)F)cc2)ccc1-n1cnc(C)c1.